The Labute approximate surface area is 157 Å². The third-order valence-electron chi connectivity index (χ3n) is 4.48. The van der Waals surface area contributed by atoms with Crippen molar-refractivity contribution in [2.24, 2.45) is 4.99 Å². The molecule has 1 aliphatic rings. The van der Waals surface area contributed by atoms with E-state index < -0.39 is 12.7 Å². The van der Waals surface area contributed by atoms with Crippen LogP contribution in [0.25, 0.3) is 0 Å². The summed E-state index contributed by atoms with van der Waals surface area (Å²) in [7, 11) is 6.73. The molecule has 1 N–H and O–H groups in total. The second-order valence-corrected chi connectivity index (χ2v) is 6.56. The third-order valence-corrected chi connectivity index (χ3v) is 4.48. The van der Waals surface area contributed by atoms with Crippen LogP contribution in [0.15, 0.2) is 23.2 Å². The van der Waals surface area contributed by atoms with E-state index in [9.17, 15) is 13.2 Å². The van der Waals surface area contributed by atoms with Crippen molar-refractivity contribution in [2.75, 3.05) is 47.9 Å². The number of halogens is 3. The summed E-state index contributed by atoms with van der Waals surface area (Å²) >= 11 is 0. The highest BCUT2D eigenvalue weighted by atomic mass is 19.4. The number of aliphatic imine (C=N–C) groups is 1. The average molecular weight is 388 g/mol. The van der Waals surface area contributed by atoms with Crippen LogP contribution in [0.4, 0.5) is 13.2 Å². The third kappa shape index (κ3) is 6.20. The van der Waals surface area contributed by atoms with Crippen molar-refractivity contribution < 1.29 is 22.6 Å². The zero-order valence-corrected chi connectivity index (χ0v) is 16.1. The van der Waals surface area contributed by atoms with Crippen LogP contribution in [-0.4, -0.2) is 75.9 Å². The molecule has 1 aromatic carbocycles. The van der Waals surface area contributed by atoms with Crippen LogP contribution in [-0.2, 0) is 6.54 Å². The smallest absolute Gasteiger partial charge is 0.401 e. The van der Waals surface area contributed by atoms with Gasteiger partial charge < -0.3 is 19.7 Å². The van der Waals surface area contributed by atoms with Crippen molar-refractivity contribution in [1.29, 1.82) is 0 Å². The molecule has 0 spiro atoms. The highest BCUT2D eigenvalue weighted by Gasteiger charge is 2.34. The molecular weight excluding hydrogens is 361 g/mol. The van der Waals surface area contributed by atoms with Crippen LogP contribution in [0.5, 0.6) is 11.5 Å². The van der Waals surface area contributed by atoms with Crippen LogP contribution in [0.2, 0.25) is 0 Å². The summed E-state index contributed by atoms with van der Waals surface area (Å²) in [5.41, 5.74) is 0.953. The summed E-state index contributed by atoms with van der Waals surface area (Å²) in [6, 6.07) is 5.52. The van der Waals surface area contributed by atoms with E-state index in [0.717, 1.165) is 5.56 Å². The lowest BCUT2D eigenvalue weighted by Gasteiger charge is -2.26. The van der Waals surface area contributed by atoms with Gasteiger partial charge in [-0.15, -0.1) is 0 Å². The highest BCUT2D eigenvalue weighted by molar-refractivity contribution is 5.80. The lowest BCUT2D eigenvalue weighted by molar-refractivity contribution is -0.143. The first-order chi connectivity index (χ1) is 12.8. The Bertz CT molecular complexity index is 652. The highest BCUT2D eigenvalue weighted by Crippen LogP contribution is 2.25. The molecule has 0 amide bonds. The molecule has 1 heterocycles. The summed E-state index contributed by atoms with van der Waals surface area (Å²) in [5.74, 6) is 2.04. The molecule has 1 fully saturated rings. The monoisotopic (exact) mass is 388 g/mol. The molecule has 0 aliphatic carbocycles. The molecule has 0 saturated carbocycles. The number of nitrogens with zero attached hydrogens (tertiary/aromatic N) is 3. The number of nitrogens with one attached hydrogen (secondary N) is 1. The van der Waals surface area contributed by atoms with Gasteiger partial charge in [-0.2, -0.15) is 13.2 Å². The zero-order valence-electron chi connectivity index (χ0n) is 16.1. The lowest BCUT2D eigenvalue weighted by Crippen LogP contribution is -2.45. The topological polar surface area (TPSA) is 49.3 Å². The molecule has 2 rings (SSSR count). The van der Waals surface area contributed by atoms with Gasteiger partial charge >= 0.3 is 6.18 Å². The Morgan fingerprint density at radius 2 is 2.07 bits per heavy atom. The molecule has 152 valence electrons. The van der Waals surface area contributed by atoms with E-state index >= 15 is 0 Å². The Hall–Kier alpha value is -2.16. The molecule has 0 aromatic heterocycles. The van der Waals surface area contributed by atoms with Crippen LogP contribution in [0, 0.1) is 0 Å². The fourth-order valence-electron chi connectivity index (χ4n) is 3.19. The first-order valence-corrected chi connectivity index (χ1v) is 8.70. The molecule has 1 aromatic rings. The number of benzene rings is 1. The first-order valence-electron chi connectivity index (χ1n) is 8.70. The van der Waals surface area contributed by atoms with Gasteiger partial charge in [0.15, 0.2) is 5.96 Å². The van der Waals surface area contributed by atoms with Crippen molar-refractivity contribution >= 4 is 5.96 Å². The second-order valence-electron chi connectivity index (χ2n) is 6.56. The molecule has 1 aliphatic heterocycles. The summed E-state index contributed by atoms with van der Waals surface area (Å²) < 4.78 is 48.3. The van der Waals surface area contributed by atoms with E-state index in [1.165, 1.54) is 4.90 Å². The fourth-order valence-corrected chi connectivity index (χ4v) is 3.19. The van der Waals surface area contributed by atoms with Gasteiger partial charge in [-0.3, -0.25) is 9.89 Å². The molecular formula is C18H27F3N4O2. The Balaban J connectivity index is 1.96. The van der Waals surface area contributed by atoms with E-state index in [1.807, 2.05) is 30.1 Å². The maximum absolute atomic E-state index is 12.5. The number of ether oxygens (including phenoxy) is 2. The van der Waals surface area contributed by atoms with Gasteiger partial charge in [0.25, 0.3) is 0 Å². The zero-order chi connectivity index (χ0) is 20.0. The van der Waals surface area contributed by atoms with E-state index in [4.69, 9.17) is 9.47 Å². The number of methoxy groups -OCH3 is 2. The average Bonchev–Trinajstić information content (AvgIpc) is 3.04. The fraction of sp³-hybridized carbons (Fsp3) is 0.611. The molecule has 0 bridgehead atoms. The number of hydrogen-bond donors (Lipinski definition) is 1. The van der Waals surface area contributed by atoms with Gasteiger partial charge in [-0.05, 0) is 18.6 Å². The second kappa shape index (κ2) is 9.16. The largest absolute Gasteiger partial charge is 0.497 e. The van der Waals surface area contributed by atoms with Crippen molar-refractivity contribution in [1.82, 2.24) is 15.1 Å². The standard InChI is InChI=1S/C18H27F3N4O2/c1-22-17(23-14-7-8-25(11-14)12-18(19,20)21)24(2)10-13-5-6-15(26-3)9-16(13)27-4/h5-6,9,14H,7-8,10-12H2,1-4H3,(H,22,23). The quantitative estimate of drug-likeness (QED) is 0.599. The normalized spacial score (nSPS) is 18.5. The van der Waals surface area contributed by atoms with Crippen LogP contribution < -0.4 is 14.8 Å². The number of alkyl halides is 3. The molecule has 1 atom stereocenters. The van der Waals surface area contributed by atoms with Gasteiger partial charge in [0.2, 0.25) is 0 Å². The number of likely N-dealkylation sites (tertiary alicyclic amines) is 1. The summed E-state index contributed by atoms with van der Waals surface area (Å²) in [5, 5.41) is 3.26. The lowest BCUT2D eigenvalue weighted by atomic mass is 10.2. The number of rotatable bonds is 6. The maximum atomic E-state index is 12.5. The van der Waals surface area contributed by atoms with E-state index in [2.05, 4.69) is 10.3 Å². The summed E-state index contributed by atoms with van der Waals surface area (Å²) in [4.78, 5) is 7.59. The Morgan fingerprint density at radius 3 is 2.67 bits per heavy atom. The van der Waals surface area contributed by atoms with Gasteiger partial charge in [0.1, 0.15) is 11.5 Å². The van der Waals surface area contributed by atoms with Gasteiger partial charge in [-0.25, -0.2) is 0 Å². The Kier molecular flexibility index (Phi) is 7.18. The number of guanidine groups is 1. The van der Waals surface area contributed by atoms with Crippen LogP contribution >= 0.6 is 0 Å². The van der Waals surface area contributed by atoms with Gasteiger partial charge in [-0.1, -0.05) is 0 Å². The minimum atomic E-state index is -4.17. The van der Waals surface area contributed by atoms with E-state index in [0.29, 0.717) is 43.5 Å². The molecule has 6 nitrogen and oxygen atoms in total. The molecule has 1 unspecified atom stereocenters. The molecule has 1 saturated heterocycles. The van der Waals surface area contributed by atoms with Crippen LogP contribution in [0.1, 0.15) is 12.0 Å². The predicted molar refractivity (Wildman–Crippen MR) is 98.4 cm³/mol. The minimum absolute atomic E-state index is 0.0636. The van der Waals surface area contributed by atoms with Crippen molar-refractivity contribution in [3.8, 4) is 11.5 Å². The summed E-state index contributed by atoms with van der Waals surface area (Å²) in [6.45, 7) is 0.427. The van der Waals surface area contributed by atoms with Gasteiger partial charge in [0.05, 0.1) is 20.8 Å². The maximum Gasteiger partial charge on any atom is 0.401 e. The predicted octanol–water partition coefficient (Wildman–Crippen LogP) is 2.35. The van der Waals surface area contributed by atoms with Crippen molar-refractivity contribution in [3.05, 3.63) is 23.8 Å². The van der Waals surface area contributed by atoms with E-state index in [1.54, 1.807) is 21.3 Å². The first kappa shape index (κ1) is 21.1. The Morgan fingerprint density at radius 1 is 1.33 bits per heavy atom. The number of hydrogen-bond acceptors (Lipinski definition) is 4. The van der Waals surface area contributed by atoms with Gasteiger partial charge in [0, 0.05) is 51.4 Å². The van der Waals surface area contributed by atoms with Crippen molar-refractivity contribution in [2.45, 2.75) is 25.2 Å². The van der Waals surface area contributed by atoms with E-state index in [-0.39, 0.29) is 6.04 Å². The van der Waals surface area contributed by atoms with Crippen LogP contribution in [0.3, 0.4) is 0 Å². The molecule has 0 radical (unpaired) electrons. The minimum Gasteiger partial charge on any atom is -0.497 e. The molecule has 9 heteroatoms. The van der Waals surface area contributed by atoms with Crippen molar-refractivity contribution in [3.63, 3.8) is 0 Å². The summed E-state index contributed by atoms with van der Waals surface area (Å²) in [6.07, 6.45) is -3.52. The molecule has 27 heavy (non-hydrogen) atoms. The SMILES string of the molecule is CN=C(NC1CCN(CC(F)(F)F)C1)N(C)Cc1ccc(OC)cc1OC.